The zero-order valence-electron chi connectivity index (χ0n) is 11.3. The monoisotopic (exact) mass is 265 g/mol. The molecule has 0 bridgehead atoms. The van der Waals surface area contributed by atoms with E-state index in [-0.39, 0.29) is 0 Å². The number of nitrogens with one attached hydrogen (secondary N) is 1. The van der Waals surface area contributed by atoms with Crippen LogP contribution in [-0.4, -0.2) is 24.7 Å². The molecule has 1 fully saturated rings. The molecule has 1 aromatic carbocycles. The lowest BCUT2D eigenvalue weighted by molar-refractivity contribution is 0.185. The van der Waals surface area contributed by atoms with Crippen molar-refractivity contribution in [2.45, 2.75) is 43.7 Å². The zero-order chi connectivity index (χ0) is 12.8. The molecule has 0 spiro atoms. The van der Waals surface area contributed by atoms with Gasteiger partial charge in [-0.25, -0.2) is 0 Å². The molecule has 0 radical (unpaired) electrons. The predicted octanol–water partition coefficient (Wildman–Crippen LogP) is 3.21. The maximum absolute atomic E-state index is 5.17. The molecule has 2 rings (SSSR count). The second-order valence-electron chi connectivity index (χ2n) is 5.00. The summed E-state index contributed by atoms with van der Waals surface area (Å²) >= 11 is 2.01. The van der Waals surface area contributed by atoms with E-state index in [0.29, 0.717) is 12.6 Å². The quantitative estimate of drug-likeness (QED) is 0.853. The number of rotatable bonds is 6. The number of hydrogen-bond donors (Lipinski definition) is 1. The molecule has 2 atom stereocenters. The van der Waals surface area contributed by atoms with Crippen molar-refractivity contribution < 1.29 is 4.74 Å². The Bertz CT molecular complexity index is 369. The Balaban J connectivity index is 1.81. The molecule has 1 aromatic rings. The van der Waals surface area contributed by atoms with Gasteiger partial charge >= 0.3 is 0 Å². The average Bonchev–Trinajstić information content (AvgIpc) is 2.85. The highest BCUT2D eigenvalue weighted by molar-refractivity contribution is 7.99. The van der Waals surface area contributed by atoms with E-state index in [1.54, 1.807) is 7.11 Å². The van der Waals surface area contributed by atoms with Gasteiger partial charge in [0.05, 0.1) is 6.61 Å². The summed E-state index contributed by atoms with van der Waals surface area (Å²) in [6.45, 7) is 1.68. The van der Waals surface area contributed by atoms with Gasteiger partial charge in [-0.05, 0) is 36.6 Å². The fourth-order valence-corrected chi connectivity index (χ4v) is 3.39. The lowest BCUT2D eigenvalue weighted by atomic mass is 10.1. The first-order chi connectivity index (χ1) is 8.81. The summed E-state index contributed by atoms with van der Waals surface area (Å²) in [5, 5.41) is 4.54. The van der Waals surface area contributed by atoms with Crippen LogP contribution in [0.1, 0.15) is 30.4 Å². The topological polar surface area (TPSA) is 21.3 Å². The summed E-state index contributed by atoms with van der Waals surface area (Å²) in [4.78, 5) is 0. The van der Waals surface area contributed by atoms with Gasteiger partial charge in [-0.1, -0.05) is 24.3 Å². The lowest BCUT2D eigenvalue weighted by Crippen LogP contribution is -2.26. The second-order valence-corrected chi connectivity index (χ2v) is 6.14. The first-order valence-electron chi connectivity index (χ1n) is 6.64. The number of thioether (sulfide) groups is 1. The highest BCUT2D eigenvalue weighted by atomic mass is 32.2. The fraction of sp³-hybridized carbons (Fsp3) is 0.600. The van der Waals surface area contributed by atoms with E-state index in [1.807, 2.05) is 11.8 Å². The minimum absolute atomic E-state index is 0.700. The smallest absolute Gasteiger partial charge is 0.0713 e. The first-order valence-corrected chi connectivity index (χ1v) is 7.93. The van der Waals surface area contributed by atoms with Crippen LogP contribution in [0.5, 0.6) is 0 Å². The summed E-state index contributed by atoms with van der Waals surface area (Å²) in [6.07, 6.45) is 6.23. The third kappa shape index (κ3) is 4.01. The summed E-state index contributed by atoms with van der Waals surface area (Å²) in [5.41, 5.74) is 2.61. The van der Waals surface area contributed by atoms with Gasteiger partial charge in [0.2, 0.25) is 0 Å². The number of hydrogen-bond acceptors (Lipinski definition) is 3. The van der Waals surface area contributed by atoms with Gasteiger partial charge in [-0.3, -0.25) is 0 Å². The molecular weight excluding hydrogens is 242 g/mol. The van der Waals surface area contributed by atoms with Crippen molar-refractivity contribution in [2.24, 2.45) is 0 Å². The van der Waals surface area contributed by atoms with E-state index in [0.717, 1.165) is 11.8 Å². The van der Waals surface area contributed by atoms with Crippen LogP contribution in [0.3, 0.4) is 0 Å². The molecule has 1 aliphatic rings. The molecule has 0 aromatic heterocycles. The Labute approximate surface area is 114 Å². The van der Waals surface area contributed by atoms with Gasteiger partial charge in [0, 0.05) is 24.9 Å². The molecule has 2 unspecified atom stereocenters. The molecule has 0 amide bonds. The van der Waals surface area contributed by atoms with Crippen molar-refractivity contribution in [1.29, 1.82) is 0 Å². The molecule has 0 heterocycles. The van der Waals surface area contributed by atoms with Crippen LogP contribution in [0.25, 0.3) is 0 Å². The van der Waals surface area contributed by atoms with Crippen molar-refractivity contribution in [3.05, 3.63) is 35.4 Å². The Morgan fingerprint density at radius 1 is 1.33 bits per heavy atom. The second kappa shape index (κ2) is 7.17. The Morgan fingerprint density at radius 2 is 2.17 bits per heavy atom. The zero-order valence-corrected chi connectivity index (χ0v) is 12.1. The minimum Gasteiger partial charge on any atom is -0.380 e. The number of benzene rings is 1. The Morgan fingerprint density at radius 3 is 2.89 bits per heavy atom. The Kier molecular flexibility index (Phi) is 5.54. The third-order valence-corrected chi connectivity index (χ3v) is 4.71. The van der Waals surface area contributed by atoms with E-state index in [1.165, 1.54) is 30.4 Å². The van der Waals surface area contributed by atoms with Crippen molar-refractivity contribution in [3.8, 4) is 0 Å². The molecule has 1 N–H and O–H groups in total. The standard InChI is InChI=1S/C15H23NOS/c1-17-11-13-5-3-4-12(8-13)10-16-14-6-7-15(9-14)18-2/h3-5,8,14-16H,6-7,9-11H2,1-2H3. The predicted molar refractivity (Wildman–Crippen MR) is 78.9 cm³/mol. The summed E-state index contributed by atoms with van der Waals surface area (Å²) < 4.78 is 5.17. The van der Waals surface area contributed by atoms with Crippen molar-refractivity contribution in [2.75, 3.05) is 13.4 Å². The molecule has 18 heavy (non-hydrogen) atoms. The van der Waals surface area contributed by atoms with E-state index in [4.69, 9.17) is 4.74 Å². The van der Waals surface area contributed by atoms with Crippen LogP contribution in [0.4, 0.5) is 0 Å². The van der Waals surface area contributed by atoms with Crippen LogP contribution in [0, 0.1) is 0 Å². The first kappa shape index (κ1) is 13.9. The minimum atomic E-state index is 0.700. The summed E-state index contributed by atoms with van der Waals surface area (Å²) in [5.74, 6) is 0. The fourth-order valence-electron chi connectivity index (χ4n) is 2.60. The maximum Gasteiger partial charge on any atom is 0.0713 e. The highest BCUT2D eigenvalue weighted by Gasteiger charge is 2.23. The van der Waals surface area contributed by atoms with Gasteiger partial charge in [-0.2, -0.15) is 11.8 Å². The summed E-state index contributed by atoms with van der Waals surface area (Å²) in [6, 6.07) is 9.36. The van der Waals surface area contributed by atoms with Gasteiger partial charge in [-0.15, -0.1) is 0 Å². The van der Waals surface area contributed by atoms with Crippen LogP contribution < -0.4 is 5.32 Å². The lowest BCUT2D eigenvalue weighted by Gasteiger charge is -2.13. The van der Waals surface area contributed by atoms with Crippen LogP contribution in [-0.2, 0) is 17.9 Å². The SMILES string of the molecule is COCc1cccc(CNC2CCC(SC)C2)c1. The molecule has 2 nitrogen and oxygen atoms in total. The largest absolute Gasteiger partial charge is 0.380 e. The van der Waals surface area contributed by atoms with Crippen molar-refractivity contribution in [3.63, 3.8) is 0 Å². The average molecular weight is 265 g/mol. The van der Waals surface area contributed by atoms with E-state index < -0.39 is 0 Å². The van der Waals surface area contributed by atoms with Gasteiger partial charge in [0.1, 0.15) is 0 Å². The molecule has 0 saturated heterocycles. The van der Waals surface area contributed by atoms with Crippen LogP contribution in [0.15, 0.2) is 24.3 Å². The molecular formula is C15H23NOS. The van der Waals surface area contributed by atoms with Gasteiger partial charge in [0.15, 0.2) is 0 Å². The van der Waals surface area contributed by atoms with E-state index >= 15 is 0 Å². The van der Waals surface area contributed by atoms with Crippen LogP contribution in [0.2, 0.25) is 0 Å². The van der Waals surface area contributed by atoms with Crippen LogP contribution >= 0.6 is 11.8 Å². The molecule has 1 aliphatic carbocycles. The van der Waals surface area contributed by atoms with E-state index in [9.17, 15) is 0 Å². The highest BCUT2D eigenvalue weighted by Crippen LogP contribution is 2.28. The van der Waals surface area contributed by atoms with Crippen molar-refractivity contribution >= 4 is 11.8 Å². The number of ether oxygens (including phenoxy) is 1. The number of methoxy groups -OCH3 is 1. The Hall–Kier alpha value is -0.510. The van der Waals surface area contributed by atoms with Gasteiger partial charge < -0.3 is 10.1 Å². The normalized spacial score (nSPS) is 23.4. The molecule has 0 aliphatic heterocycles. The third-order valence-electron chi connectivity index (χ3n) is 3.62. The van der Waals surface area contributed by atoms with Gasteiger partial charge in [0.25, 0.3) is 0 Å². The molecule has 3 heteroatoms. The molecule has 100 valence electrons. The van der Waals surface area contributed by atoms with Crippen molar-refractivity contribution in [1.82, 2.24) is 5.32 Å². The summed E-state index contributed by atoms with van der Waals surface area (Å²) in [7, 11) is 1.74. The molecule has 1 saturated carbocycles. The van der Waals surface area contributed by atoms with E-state index in [2.05, 4.69) is 35.8 Å². The maximum atomic E-state index is 5.17.